The van der Waals surface area contributed by atoms with Crippen LogP contribution in [-0.2, 0) is 11.0 Å². The van der Waals surface area contributed by atoms with Gasteiger partial charge in [-0.25, -0.2) is 4.98 Å². The van der Waals surface area contributed by atoms with Crippen molar-refractivity contribution in [3.05, 3.63) is 23.4 Å². The number of nitriles is 1. The Bertz CT molecular complexity index is 579. The average Bonchev–Trinajstić information content (AvgIpc) is 2.40. The number of hydrogen-bond donors (Lipinski definition) is 1. The van der Waals surface area contributed by atoms with Gasteiger partial charge in [-0.1, -0.05) is 0 Å². The number of nitrogens with one attached hydrogen (secondary N) is 1. The van der Waals surface area contributed by atoms with Crippen LogP contribution in [0.5, 0.6) is 0 Å². The number of carbonyl (C=O) groups excluding carboxylic acids is 1. The maximum Gasteiger partial charge on any atom is 0.433 e. The zero-order valence-corrected chi connectivity index (χ0v) is 10.5. The van der Waals surface area contributed by atoms with E-state index in [1.54, 1.807) is 13.0 Å². The van der Waals surface area contributed by atoms with Crippen LogP contribution in [0, 0.1) is 11.3 Å². The Labute approximate surface area is 113 Å². The molecule has 2 rings (SSSR count). The summed E-state index contributed by atoms with van der Waals surface area (Å²) in [6, 6.07) is 2.96. The van der Waals surface area contributed by atoms with Crippen molar-refractivity contribution in [3.8, 4) is 6.07 Å². The molecule has 2 heterocycles. The third kappa shape index (κ3) is 2.52. The normalized spacial score (nSPS) is 19.4. The summed E-state index contributed by atoms with van der Waals surface area (Å²) >= 11 is 0. The number of piperazine rings is 1. The molecule has 0 unspecified atom stereocenters. The first kappa shape index (κ1) is 14.1. The number of halogens is 3. The minimum Gasteiger partial charge on any atom is -0.353 e. The van der Waals surface area contributed by atoms with Crippen molar-refractivity contribution in [2.75, 3.05) is 18.0 Å². The highest BCUT2D eigenvalue weighted by atomic mass is 19.4. The van der Waals surface area contributed by atoms with E-state index in [-0.39, 0.29) is 17.3 Å². The van der Waals surface area contributed by atoms with Gasteiger partial charge in [-0.15, -0.1) is 0 Å². The Kier molecular flexibility index (Phi) is 3.53. The number of rotatable bonds is 1. The summed E-state index contributed by atoms with van der Waals surface area (Å²) in [6.07, 6.45) is -4.59. The van der Waals surface area contributed by atoms with E-state index in [0.29, 0.717) is 13.1 Å². The first-order chi connectivity index (χ1) is 9.34. The first-order valence-electron chi connectivity index (χ1n) is 5.87. The summed E-state index contributed by atoms with van der Waals surface area (Å²) in [5.74, 6) is -0.413. The second-order valence-corrected chi connectivity index (χ2v) is 4.34. The first-order valence-corrected chi connectivity index (χ1v) is 5.87. The van der Waals surface area contributed by atoms with Crippen LogP contribution in [0.2, 0.25) is 0 Å². The van der Waals surface area contributed by atoms with Crippen LogP contribution >= 0.6 is 0 Å². The second-order valence-electron chi connectivity index (χ2n) is 4.34. The molecule has 20 heavy (non-hydrogen) atoms. The van der Waals surface area contributed by atoms with Crippen molar-refractivity contribution in [3.63, 3.8) is 0 Å². The fraction of sp³-hybridized carbons (Fsp3) is 0.417. The molecule has 1 N–H and O–H groups in total. The van der Waals surface area contributed by atoms with Gasteiger partial charge in [-0.2, -0.15) is 18.4 Å². The van der Waals surface area contributed by atoms with E-state index in [0.717, 1.165) is 12.1 Å². The van der Waals surface area contributed by atoms with Gasteiger partial charge in [-0.3, -0.25) is 4.79 Å². The summed E-state index contributed by atoms with van der Waals surface area (Å²) in [5.41, 5.74) is -1.07. The lowest BCUT2D eigenvalue weighted by atomic mass is 10.1. The molecule has 8 heteroatoms. The van der Waals surface area contributed by atoms with Crippen LogP contribution in [0.3, 0.4) is 0 Å². The number of alkyl halides is 3. The smallest absolute Gasteiger partial charge is 0.353 e. The second kappa shape index (κ2) is 5.00. The molecule has 0 spiro atoms. The van der Waals surface area contributed by atoms with E-state index in [9.17, 15) is 18.0 Å². The van der Waals surface area contributed by atoms with Crippen LogP contribution in [0.1, 0.15) is 18.2 Å². The van der Waals surface area contributed by atoms with Gasteiger partial charge in [0.1, 0.15) is 23.6 Å². The van der Waals surface area contributed by atoms with Crippen LogP contribution in [-0.4, -0.2) is 30.0 Å². The SMILES string of the molecule is C[C@@H]1C(=O)NCCN1c1nc(C(F)(F)F)ccc1C#N. The van der Waals surface area contributed by atoms with Gasteiger partial charge in [0.2, 0.25) is 5.91 Å². The van der Waals surface area contributed by atoms with Crippen LogP contribution in [0.25, 0.3) is 0 Å². The van der Waals surface area contributed by atoms with Gasteiger partial charge in [0.05, 0.1) is 5.56 Å². The van der Waals surface area contributed by atoms with Gasteiger partial charge in [0, 0.05) is 13.1 Å². The number of aromatic nitrogens is 1. The van der Waals surface area contributed by atoms with E-state index >= 15 is 0 Å². The number of anilines is 1. The van der Waals surface area contributed by atoms with E-state index in [4.69, 9.17) is 5.26 Å². The lowest BCUT2D eigenvalue weighted by molar-refractivity contribution is -0.141. The van der Waals surface area contributed by atoms with E-state index in [2.05, 4.69) is 10.3 Å². The molecule has 1 aromatic heterocycles. The van der Waals surface area contributed by atoms with E-state index < -0.39 is 17.9 Å². The van der Waals surface area contributed by atoms with Gasteiger partial charge < -0.3 is 10.2 Å². The molecular formula is C12H11F3N4O. The topological polar surface area (TPSA) is 69.0 Å². The summed E-state index contributed by atoms with van der Waals surface area (Å²) in [7, 11) is 0. The molecule has 1 atom stereocenters. The summed E-state index contributed by atoms with van der Waals surface area (Å²) < 4.78 is 38.1. The minimum atomic E-state index is -4.59. The molecule has 1 amide bonds. The molecule has 1 aliphatic rings. The highest BCUT2D eigenvalue weighted by Gasteiger charge is 2.35. The van der Waals surface area contributed by atoms with Crippen molar-refractivity contribution < 1.29 is 18.0 Å². The van der Waals surface area contributed by atoms with Crippen molar-refractivity contribution in [2.45, 2.75) is 19.1 Å². The number of pyridine rings is 1. The molecule has 0 saturated carbocycles. The van der Waals surface area contributed by atoms with Crippen molar-refractivity contribution in [1.82, 2.24) is 10.3 Å². The van der Waals surface area contributed by atoms with E-state index in [1.165, 1.54) is 4.90 Å². The minimum absolute atomic E-state index is 0.0135. The molecule has 0 radical (unpaired) electrons. The lowest BCUT2D eigenvalue weighted by Gasteiger charge is -2.34. The monoisotopic (exact) mass is 284 g/mol. The van der Waals surface area contributed by atoms with Crippen LogP contribution in [0.4, 0.5) is 19.0 Å². The van der Waals surface area contributed by atoms with Gasteiger partial charge in [0.25, 0.3) is 0 Å². The van der Waals surface area contributed by atoms with Crippen molar-refractivity contribution in [2.24, 2.45) is 0 Å². The zero-order chi connectivity index (χ0) is 14.9. The number of hydrogen-bond acceptors (Lipinski definition) is 4. The lowest BCUT2D eigenvalue weighted by Crippen LogP contribution is -2.54. The van der Waals surface area contributed by atoms with Crippen molar-refractivity contribution in [1.29, 1.82) is 5.26 Å². The fourth-order valence-electron chi connectivity index (χ4n) is 1.98. The maximum absolute atomic E-state index is 12.7. The molecule has 1 aliphatic heterocycles. The summed E-state index contributed by atoms with van der Waals surface area (Å²) in [6.45, 7) is 2.15. The van der Waals surface area contributed by atoms with Crippen LogP contribution in [0.15, 0.2) is 12.1 Å². The van der Waals surface area contributed by atoms with Crippen LogP contribution < -0.4 is 10.2 Å². The molecule has 1 aromatic rings. The largest absolute Gasteiger partial charge is 0.433 e. The number of carbonyl (C=O) groups is 1. The summed E-state index contributed by atoms with van der Waals surface area (Å²) in [5, 5.41) is 11.6. The zero-order valence-electron chi connectivity index (χ0n) is 10.5. The molecule has 5 nitrogen and oxygen atoms in total. The molecule has 0 aromatic carbocycles. The van der Waals surface area contributed by atoms with Gasteiger partial charge in [0.15, 0.2) is 0 Å². The Morgan fingerprint density at radius 2 is 2.20 bits per heavy atom. The molecule has 106 valence electrons. The standard InChI is InChI=1S/C12H11F3N4O/c1-7-11(20)17-4-5-19(7)10-8(6-16)2-3-9(18-10)12(13,14)15/h2-3,7H,4-5H2,1H3,(H,17,20)/t7-/m1/s1. The highest BCUT2D eigenvalue weighted by molar-refractivity contribution is 5.86. The predicted molar refractivity (Wildman–Crippen MR) is 63.8 cm³/mol. The molecule has 1 fully saturated rings. The quantitative estimate of drug-likeness (QED) is 0.844. The molecular weight excluding hydrogens is 273 g/mol. The average molecular weight is 284 g/mol. The Morgan fingerprint density at radius 1 is 1.50 bits per heavy atom. The Hall–Kier alpha value is -2.30. The molecule has 0 aliphatic carbocycles. The summed E-state index contributed by atoms with van der Waals surface area (Å²) in [4.78, 5) is 16.5. The highest BCUT2D eigenvalue weighted by Crippen LogP contribution is 2.31. The van der Waals surface area contributed by atoms with E-state index in [1.807, 2.05) is 0 Å². The van der Waals surface area contributed by atoms with Crippen molar-refractivity contribution >= 4 is 11.7 Å². The molecule has 1 saturated heterocycles. The fourth-order valence-corrected chi connectivity index (χ4v) is 1.98. The third-order valence-electron chi connectivity index (χ3n) is 3.06. The van der Waals surface area contributed by atoms with Gasteiger partial charge in [-0.05, 0) is 19.1 Å². The third-order valence-corrected chi connectivity index (χ3v) is 3.06. The molecule has 0 bridgehead atoms. The number of nitrogens with zero attached hydrogens (tertiary/aromatic N) is 3. The number of amides is 1. The Balaban J connectivity index is 2.48. The maximum atomic E-state index is 12.7. The Morgan fingerprint density at radius 3 is 2.80 bits per heavy atom. The predicted octanol–water partition coefficient (Wildman–Crippen LogP) is 1.30. The van der Waals surface area contributed by atoms with Gasteiger partial charge >= 0.3 is 6.18 Å².